The Morgan fingerprint density at radius 1 is 1.50 bits per heavy atom. The van der Waals surface area contributed by atoms with Crippen LogP contribution in [-0.4, -0.2) is 36.4 Å². The molecular formula is C9H13N5OS. The minimum Gasteiger partial charge on any atom is -0.392 e. The predicted octanol–water partition coefficient (Wildman–Crippen LogP) is 0.121. The van der Waals surface area contributed by atoms with Crippen LogP contribution in [0.4, 0.5) is 0 Å². The third-order valence-electron chi connectivity index (χ3n) is 2.04. The smallest absolute Gasteiger partial charge is 0.177 e. The van der Waals surface area contributed by atoms with Crippen molar-refractivity contribution < 1.29 is 5.11 Å². The van der Waals surface area contributed by atoms with Crippen molar-refractivity contribution in [1.82, 2.24) is 25.2 Å². The number of aliphatic hydroxyl groups excluding tert-OH is 1. The predicted molar refractivity (Wildman–Crippen MR) is 59.1 cm³/mol. The molecule has 0 saturated carbocycles. The van der Waals surface area contributed by atoms with Crippen molar-refractivity contribution in [3.63, 3.8) is 0 Å². The van der Waals surface area contributed by atoms with Crippen LogP contribution in [0.5, 0.6) is 0 Å². The zero-order valence-corrected chi connectivity index (χ0v) is 9.98. The van der Waals surface area contributed by atoms with Crippen molar-refractivity contribution in [3.8, 4) is 0 Å². The summed E-state index contributed by atoms with van der Waals surface area (Å²) in [5, 5.41) is 24.3. The van der Waals surface area contributed by atoms with Gasteiger partial charge in [-0.25, -0.2) is 4.98 Å². The lowest BCUT2D eigenvalue weighted by Crippen LogP contribution is -2.15. The lowest BCUT2D eigenvalue weighted by atomic mass is 10.2. The van der Waals surface area contributed by atoms with Crippen LogP contribution in [0.1, 0.15) is 16.5 Å². The highest BCUT2D eigenvalue weighted by atomic mass is 32.1. The van der Waals surface area contributed by atoms with E-state index in [4.69, 9.17) is 0 Å². The summed E-state index contributed by atoms with van der Waals surface area (Å²) in [6, 6.07) is 0. The van der Waals surface area contributed by atoms with Crippen LogP contribution < -0.4 is 0 Å². The Hall–Kier alpha value is -1.34. The number of tetrazole rings is 1. The van der Waals surface area contributed by atoms with Gasteiger partial charge in [0, 0.05) is 23.9 Å². The molecule has 16 heavy (non-hydrogen) atoms. The fourth-order valence-electron chi connectivity index (χ4n) is 1.39. The van der Waals surface area contributed by atoms with Crippen LogP contribution >= 0.6 is 11.3 Å². The van der Waals surface area contributed by atoms with E-state index >= 15 is 0 Å². The number of rotatable bonds is 4. The standard InChI is InChI=1S/C9H13N5OS/c1-6-5-16-9(10-6)4-7(15)3-8-11-13-14(2)12-8/h5,7,15H,3-4H2,1-2H3. The van der Waals surface area contributed by atoms with Crippen LogP contribution in [0.25, 0.3) is 0 Å². The zero-order valence-electron chi connectivity index (χ0n) is 9.16. The van der Waals surface area contributed by atoms with Crippen LogP contribution in [0.15, 0.2) is 5.38 Å². The molecule has 0 amide bonds. The summed E-state index contributed by atoms with van der Waals surface area (Å²) in [6.45, 7) is 1.94. The summed E-state index contributed by atoms with van der Waals surface area (Å²) in [5.74, 6) is 0.559. The van der Waals surface area contributed by atoms with Gasteiger partial charge in [-0.05, 0) is 12.1 Å². The van der Waals surface area contributed by atoms with Gasteiger partial charge in [-0.3, -0.25) is 0 Å². The Morgan fingerprint density at radius 3 is 2.88 bits per heavy atom. The molecule has 2 aromatic heterocycles. The minimum absolute atomic E-state index is 0.409. The summed E-state index contributed by atoms with van der Waals surface area (Å²) in [4.78, 5) is 5.68. The molecule has 0 saturated heterocycles. The molecular weight excluding hydrogens is 226 g/mol. The Balaban J connectivity index is 1.91. The highest BCUT2D eigenvalue weighted by Gasteiger charge is 2.12. The molecule has 6 nitrogen and oxygen atoms in total. The van der Waals surface area contributed by atoms with Crippen molar-refractivity contribution in [2.45, 2.75) is 25.9 Å². The zero-order chi connectivity index (χ0) is 11.5. The number of hydrogen-bond acceptors (Lipinski definition) is 6. The van der Waals surface area contributed by atoms with Gasteiger partial charge in [0.25, 0.3) is 0 Å². The van der Waals surface area contributed by atoms with E-state index in [1.54, 1.807) is 18.4 Å². The number of nitrogens with zero attached hydrogens (tertiary/aromatic N) is 5. The molecule has 0 bridgehead atoms. The highest BCUT2D eigenvalue weighted by Crippen LogP contribution is 2.12. The van der Waals surface area contributed by atoms with E-state index in [0.717, 1.165) is 10.7 Å². The molecule has 1 unspecified atom stereocenters. The Kier molecular flexibility index (Phi) is 3.25. The van der Waals surface area contributed by atoms with Gasteiger partial charge in [-0.15, -0.1) is 21.5 Å². The molecule has 1 atom stereocenters. The molecule has 0 aliphatic heterocycles. The molecule has 7 heteroatoms. The number of aliphatic hydroxyl groups is 1. The lowest BCUT2D eigenvalue weighted by molar-refractivity contribution is 0.172. The molecule has 0 aromatic carbocycles. The van der Waals surface area contributed by atoms with Crippen molar-refractivity contribution in [2.24, 2.45) is 7.05 Å². The third kappa shape index (κ3) is 2.83. The van der Waals surface area contributed by atoms with Crippen molar-refractivity contribution >= 4 is 11.3 Å². The van der Waals surface area contributed by atoms with Crippen molar-refractivity contribution in [2.75, 3.05) is 0 Å². The molecule has 0 aliphatic carbocycles. The number of aromatic nitrogens is 5. The molecule has 86 valence electrons. The largest absolute Gasteiger partial charge is 0.392 e. The van der Waals surface area contributed by atoms with Crippen molar-refractivity contribution in [1.29, 1.82) is 0 Å². The normalized spacial score (nSPS) is 12.9. The number of aryl methyl sites for hydroxylation is 2. The quantitative estimate of drug-likeness (QED) is 0.820. The van der Waals surface area contributed by atoms with E-state index in [-0.39, 0.29) is 0 Å². The molecule has 0 fully saturated rings. The van der Waals surface area contributed by atoms with Gasteiger partial charge in [0.2, 0.25) is 0 Å². The molecule has 1 N–H and O–H groups in total. The monoisotopic (exact) mass is 239 g/mol. The van der Waals surface area contributed by atoms with Gasteiger partial charge in [-0.2, -0.15) is 4.80 Å². The Morgan fingerprint density at radius 2 is 2.31 bits per heavy atom. The van der Waals surface area contributed by atoms with Gasteiger partial charge in [0.1, 0.15) is 0 Å². The van der Waals surface area contributed by atoms with E-state index < -0.39 is 6.10 Å². The van der Waals surface area contributed by atoms with Crippen LogP contribution in [0.3, 0.4) is 0 Å². The summed E-state index contributed by atoms with van der Waals surface area (Å²) < 4.78 is 0. The highest BCUT2D eigenvalue weighted by molar-refractivity contribution is 7.09. The van der Waals surface area contributed by atoms with E-state index in [0.29, 0.717) is 18.7 Å². The topological polar surface area (TPSA) is 76.7 Å². The maximum Gasteiger partial charge on any atom is 0.177 e. The maximum absolute atomic E-state index is 9.82. The van der Waals surface area contributed by atoms with Crippen LogP contribution in [0, 0.1) is 6.92 Å². The summed E-state index contributed by atoms with van der Waals surface area (Å²) in [7, 11) is 1.70. The Labute approximate surface area is 97.0 Å². The second-order valence-electron chi connectivity index (χ2n) is 3.64. The molecule has 0 radical (unpaired) electrons. The first-order valence-electron chi connectivity index (χ1n) is 4.95. The van der Waals surface area contributed by atoms with Crippen molar-refractivity contribution in [3.05, 3.63) is 21.9 Å². The first-order valence-corrected chi connectivity index (χ1v) is 5.83. The molecule has 2 heterocycles. The van der Waals surface area contributed by atoms with E-state index in [2.05, 4.69) is 20.4 Å². The molecule has 0 spiro atoms. The second-order valence-corrected chi connectivity index (χ2v) is 4.58. The third-order valence-corrected chi connectivity index (χ3v) is 3.03. The molecule has 2 rings (SSSR count). The van der Waals surface area contributed by atoms with Gasteiger partial charge in [0.05, 0.1) is 18.2 Å². The van der Waals surface area contributed by atoms with E-state index in [1.807, 2.05) is 12.3 Å². The van der Waals surface area contributed by atoms with E-state index in [1.165, 1.54) is 4.80 Å². The molecule has 2 aromatic rings. The van der Waals surface area contributed by atoms with Crippen LogP contribution in [0.2, 0.25) is 0 Å². The van der Waals surface area contributed by atoms with E-state index in [9.17, 15) is 5.11 Å². The van der Waals surface area contributed by atoms with Gasteiger partial charge < -0.3 is 5.11 Å². The summed E-state index contributed by atoms with van der Waals surface area (Å²) in [6.07, 6.45) is 0.443. The minimum atomic E-state index is -0.505. The van der Waals surface area contributed by atoms with Gasteiger partial charge in [-0.1, -0.05) is 0 Å². The first kappa shape index (κ1) is 11.2. The van der Waals surface area contributed by atoms with Gasteiger partial charge in [0.15, 0.2) is 5.82 Å². The number of hydrogen-bond donors (Lipinski definition) is 1. The average molecular weight is 239 g/mol. The summed E-state index contributed by atoms with van der Waals surface area (Å²) in [5.41, 5.74) is 0.991. The fraction of sp³-hybridized carbons (Fsp3) is 0.556. The lowest BCUT2D eigenvalue weighted by Gasteiger charge is -2.04. The van der Waals surface area contributed by atoms with Crippen LogP contribution in [-0.2, 0) is 19.9 Å². The first-order chi connectivity index (χ1) is 7.63. The SMILES string of the molecule is Cc1csc(CC(O)Cc2nnn(C)n2)n1. The number of thiazole rings is 1. The Bertz CT molecular complexity index is 424. The summed E-state index contributed by atoms with van der Waals surface area (Å²) >= 11 is 1.56. The second kappa shape index (κ2) is 4.67. The maximum atomic E-state index is 9.82. The van der Waals surface area contributed by atoms with Gasteiger partial charge >= 0.3 is 0 Å². The fourth-order valence-corrected chi connectivity index (χ4v) is 2.23. The average Bonchev–Trinajstić information content (AvgIpc) is 2.76. The molecule has 0 aliphatic rings.